The van der Waals surface area contributed by atoms with E-state index in [4.69, 9.17) is 4.74 Å². The highest BCUT2D eigenvalue weighted by Crippen LogP contribution is 2.16. The highest BCUT2D eigenvalue weighted by molar-refractivity contribution is 7.12. The lowest BCUT2D eigenvalue weighted by Gasteiger charge is -2.06. The Labute approximate surface area is 127 Å². The van der Waals surface area contributed by atoms with E-state index >= 15 is 0 Å². The molecule has 5 heteroatoms. The summed E-state index contributed by atoms with van der Waals surface area (Å²) < 4.78 is 5.14. The monoisotopic (exact) mass is 303 g/mol. The molecular weight excluding hydrogens is 286 g/mol. The third kappa shape index (κ3) is 4.43. The van der Waals surface area contributed by atoms with Crippen LogP contribution in [0.2, 0.25) is 0 Å². The summed E-state index contributed by atoms with van der Waals surface area (Å²) in [5, 5.41) is 4.71. The molecule has 0 saturated heterocycles. The fourth-order valence-electron chi connectivity index (χ4n) is 1.88. The Morgan fingerprint density at radius 1 is 1.24 bits per heavy atom. The predicted octanol–water partition coefficient (Wildman–Crippen LogP) is 2.82. The Bertz CT molecular complexity index is 648. The van der Waals surface area contributed by atoms with E-state index in [9.17, 15) is 9.59 Å². The molecule has 2 rings (SSSR count). The maximum absolute atomic E-state index is 11.9. The Kier molecular flexibility index (Phi) is 5.11. The van der Waals surface area contributed by atoms with E-state index in [1.807, 2.05) is 29.6 Å². The first-order chi connectivity index (χ1) is 10.1. The summed E-state index contributed by atoms with van der Waals surface area (Å²) in [6, 6.07) is 9.34. The van der Waals surface area contributed by atoms with Crippen molar-refractivity contribution in [3.63, 3.8) is 0 Å². The fourth-order valence-corrected chi connectivity index (χ4v) is 2.70. The van der Waals surface area contributed by atoms with Gasteiger partial charge < -0.3 is 10.1 Å². The number of ketones is 1. The minimum atomic E-state index is -0.0641. The summed E-state index contributed by atoms with van der Waals surface area (Å²) in [5.41, 5.74) is 1.85. The zero-order chi connectivity index (χ0) is 15.2. The van der Waals surface area contributed by atoms with Gasteiger partial charge in [0, 0.05) is 6.54 Å². The summed E-state index contributed by atoms with van der Waals surface area (Å²) in [7, 11) is 1.61. The van der Waals surface area contributed by atoms with Crippen LogP contribution in [0.3, 0.4) is 0 Å². The van der Waals surface area contributed by atoms with Gasteiger partial charge >= 0.3 is 0 Å². The first-order valence-corrected chi connectivity index (χ1v) is 7.44. The maximum atomic E-state index is 11.9. The number of Topliss-reactive ketones (excluding diaryl/α,β-unsaturated/α-hetero) is 1. The van der Waals surface area contributed by atoms with Gasteiger partial charge in [-0.15, -0.1) is 11.3 Å². The molecule has 0 radical (unpaired) electrons. The van der Waals surface area contributed by atoms with Crippen molar-refractivity contribution >= 4 is 23.0 Å². The van der Waals surface area contributed by atoms with Crippen LogP contribution in [0.15, 0.2) is 35.7 Å². The van der Waals surface area contributed by atoms with Crippen LogP contribution in [0.5, 0.6) is 5.75 Å². The number of hydrogen-bond donors (Lipinski definition) is 1. The third-order valence-electron chi connectivity index (χ3n) is 2.99. The van der Waals surface area contributed by atoms with Gasteiger partial charge in [0.1, 0.15) is 5.75 Å². The molecule has 0 saturated carbocycles. The number of amides is 1. The van der Waals surface area contributed by atoms with E-state index in [1.54, 1.807) is 13.2 Å². The van der Waals surface area contributed by atoms with Crippen LogP contribution in [0.25, 0.3) is 0 Å². The van der Waals surface area contributed by atoms with Crippen LogP contribution < -0.4 is 10.1 Å². The number of ether oxygens (including phenoxy) is 1. The number of hydrogen-bond acceptors (Lipinski definition) is 4. The molecule has 0 aliphatic heterocycles. The molecule has 21 heavy (non-hydrogen) atoms. The number of nitrogens with one attached hydrogen (secondary N) is 1. The number of thiophene rings is 1. The minimum Gasteiger partial charge on any atom is -0.497 e. The topological polar surface area (TPSA) is 55.4 Å². The van der Waals surface area contributed by atoms with Crippen molar-refractivity contribution in [3.05, 3.63) is 51.7 Å². The average Bonchev–Trinajstić information content (AvgIpc) is 2.94. The zero-order valence-corrected chi connectivity index (χ0v) is 12.8. The summed E-state index contributed by atoms with van der Waals surface area (Å²) in [5.74, 6) is 0.736. The standard InChI is InChI=1S/C16H17NO3S/c1-11(18)15-7-13(10-21-15)8-16(19)17-9-12-4-3-5-14(6-12)20-2/h3-7,10H,8-9H2,1-2H3,(H,17,19). The van der Waals surface area contributed by atoms with E-state index < -0.39 is 0 Å². The third-order valence-corrected chi connectivity index (χ3v) is 4.07. The van der Waals surface area contributed by atoms with E-state index in [-0.39, 0.29) is 18.1 Å². The van der Waals surface area contributed by atoms with E-state index in [0.29, 0.717) is 11.4 Å². The normalized spacial score (nSPS) is 10.2. The van der Waals surface area contributed by atoms with Crippen LogP contribution in [-0.4, -0.2) is 18.8 Å². The molecular formula is C16H17NO3S. The van der Waals surface area contributed by atoms with Crippen molar-refractivity contribution in [3.8, 4) is 5.75 Å². The molecule has 1 heterocycles. The smallest absolute Gasteiger partial charge is 0.224 e. The molecule has 1 aromatic heterocycles. The molecule has 1 aromatic carbocycles. The quantitative estimate of drug-likeness (QED) is 0.835. The van der Waals surface area contributed by atoms with Gasteiger partial charge in [0.2, 0.25) is 5.91 Å². The lowest BCUT2D eigenvalue weighted by atomic mass is 10.2. The Hall–Kier alpha value is -2.14. The van der Waals surface area contributed by atoms with Crippen molar-refractivity contribution in [1.82, 2.24) is 5.32 Å². The van der Waals surface area contributed by atoms with Crippen molar-refractivity contribution in [2.75, 3.05) is 7.11 Å². The van der Waals surface area contributed by atoms with Gasteiger partial charge in [-0.1, -0.05) is 12.1 Å². The number of carbonyl (C=O) groups is 2. The fraction of sp³-hybridized carbons (Fsp3) is 0.250. The first kappa shape index (κ1) is 15.3. The second-order valence-electron chi connectivity index (χ2n) is 4.68. The SMILES string of the molecule is COc1cccc(CNC(=O)Cc2csc(C(C)=O)c2)c1. The molecule has 0 unspecified atom stereocenters. The number of benzene rings is 1. The van der Waals surface area contributed by atoms with Gasteiger partial charge in [0.15, 0.2) is 5.78 Å². The minimum absolute atomic E-state index is 0.0306. The molecule has 0 fully saturated rings. The molecule has 0 atom stereocenters. The van der Waals surface area contributed by atoms with Crippen molar-refractivity contribution in [2.45, 2.75) is 19.9 Å². The van der Waals surface area contributed by atoms with Gasteiger partial charge in [0.05, 0.1) is 18.4 Å². The predicted molar refractivity (Wildman–Crippen MR) is 82.9 cm³/mol. The summed E-state index contributed by atoms with van der Waals surface area (Å²) >= 11 is 1.37. The second-order valence-corrected chi connectivity index (χ2v) is 5.59. The number of methoxy groups -OCH3 is 1. The van der Waals surface area contributed by atoms with Gasteiger partial charge in [-0.3, -0.25) is 9.59 Å². The van der Waals surface area contributed by atoms with Crippen LogP contribution in [0.1, 0.15) is 27.7 Å². The molecule has 1 amide bonds. The first-order valence-electron chi connectivity index (χ1n) is 6.56. The summed E-state index contributed by atoms with van der Waals surface area (Å²) in [6.45, 7) is 1.98. The van der Waals surface area contributed by atoms with Crippen LogP contribution in [-0.2, 0) is 17.8 Å². The Morgan fingerprint density at radius 3 is 2.71 bits per heavy atom. The van der Waals surface area contributed by atoms with E-state index in [1.165, 1.54) is 18.3 Å². The summed E-state index contributed by atoms with van der Waals surface area (Å²) in [6.07, 6.45) is 0.285. The van der Waals surface area contributed by atoms with Gasteiger partial charge in [-0.2, -0.15) is 0 Å². The molecule has 0 aliphatic rings. The zero-order valence-electron chi connectivity index (χ0n) is 12.0. The Morgan fingerprint density at radius 2 is 2.05 bits per heavy atom. The average molecular weight is 303 g/mol. The molecule has 0 aliphatic carbocycles. The van der Waals surface area contributed by atoms with Gasteiger partial charge in [0.25, 0.3) is 0 Å². The number of carbonyl (C=O) groups excluding carboxylic acids is 2. The molecule has 4 nitrogen and oxygen atoms in total. The second kappa shape index (κ2) is 7.04. The van der Waals surface area contributed by atoms with E-state index in [2.05, 4.69) is 5.32 Å². The van der Waals surface area contributed by atoms with Gasteiger partial charge in [-0.05, 0) is 41.6 Å². The molecule has 0 bridgehead atoms. The maximum Gasteiger partial charge on any atom is 0.224 e. The number of rotatable bonds is 6. The molecule has 2 aromatic rings. The molecule has 110 valence electrons. The highest BCUT2D eigenvalue weighted by atomic mass is 32.1. The van der Waals surface area contributed by atoms with Crippen LogP contribution >= 0.6 is 11.3 Å². The molecule has 0 spiro atoms. The van der Waals surface area contributed by atoms with E-state index in [0.717, 1.165) is 16.9 Å². The largest absolute Gasteiger partial charge is 0.497 e. The lowest BCUT2D eigenvalue weighted by molar-refractivity contribution is -0.120. The molecule has 1 N–H and O–H groups in total. The van der Waals surface area contributed by atoms with Crippen molar-refractivity contribution in [2.24, 2.45) is 0 Å². The van der Waals surface area contributed by atoms with Crippen LogP contribution in [0, 0.1) is 0 Å². The van der Waals surface area contributed by atoms with Crippen LogP contribution in [0.4, 0.5) is 0 Å². The Balaban J connectivity index is 1.87. The van der Waals surface area contributed by atoms with Crippen molar-refractivity contribution < 1.29 is 14.3 Å². The highest BCUT2D eigenvalue weighted by Gasteiger charge is 2.08. The summed E-state index contributed by atoms with van der Waals surface area (Å²) in [4.78, 5) is 23.8. The lowest BCUT2D eigenvalue weighted by Crippen LogP contribution is -2.24. The van der Waals surface area contributed by atoms with Crippen molar-refractivity contribution in [1.29, 1.82) is 0 Å². The van der Waals surface area contributed by atoms with Gasteiger partial charge in [-0.25, -0.2) is 0 Å².